The fourth-order valence-electron chi connectivity index (χ4n) is 2.73. The van der Waals surface area contributed by atoms with E-state index in [1.165, 1.54) is 0 Å². The van der Waals surface area contributed by atoms with Crippen molar-refractivity contribution < 1.29 is 0 Å². The van der Waals surface area contributed by atoms with Crippen LogP contribution in [0.2, 0.25) is 0 Å². The molecule has 2 aromatic carbocycles. The van der Waals surface area contributed by atoms with Crippen molar-refractivity contribution in [2.45, 2.75) is 13.8 Å². The van der Waals surface area contributed by atoms with Crippen LogP contribution in [0.1, 0.15) is 22.3 Å². The molecule has 1 heterocycles. The van der Waals surface area contributed by atoms with Crippen LogP contribution in [0.15, 0.2) is 48.7 Å². The molecule has 6 nitrogen and oxygen atoms in total. The van der Waals surface area contributed by atoms with Gasteiger partial charge in [-0.25, -0.2) is 4.98 Å². The molecule has 0 fully saturated rings. The van der Waals surface area contributed by atoms with Gasteiger partial charge in [-0.1, -0.05) is 0 Å². The highest BCUT2D eigenvalue weighted by atomic mass is 15.1. The van der Waals surface area contributed by atoms with Crippen molar-refractivity contribution in [3.05, 3.63) is 70.9 Å². The third-order valence-corrected chi connectivity index (χ3v) is 3.97. The van der Waals surface area contributed by atoms with Gasteiger partial charge in [0, 0.05) is 23.6 Å². The minimum absolute atomic E-state index is 0.461. The highest BCUT2D eigenvalue weighted by Gasteiger charge is 2.07. The first kappa shape index (κ1) is 17.9. The van der Waals surface area contributed by atoms with Crippen LogP contribution in [0.5, 0.6) is 0 Å². The van der Waals surface area contributed by atoms with Crippen LogP contribution in [-0.2, 0) is 0 Å². The topological polar surface area (TPSA) is 97.5 Å². The lowest BCUT2D eigenvalue weighted by Crippen LogP contribution is -2.02. The van der Waals surface area contributed by atoms with E-state index in [4.69, 9.17) is 10.7 Å². The normalized spacial score (nSPS) is 9.81. The first-order valence-corrected chi connectivity index (χ1v) is 8.33. The molecule has 0 saturated heterocycles. The number of aromatic nitrogens is 2. The summed E-state index contributed by atoms with van der Waals surface area (Å²) in [5.41, 5.74) is 5.43. The number of nitriles is 1. The van der Waals surface area contributed by atoms with Gasteiger partial charge in [-0.3, -0.25) is 5.41 Å². The summed E-state index contributed by atoms with van der Waals surface area (Å²) in [5.74, 6) is 3.43. The largest absolute Gasteiger partial charge is 0.340 e. The molecule has 27 heavy (non-hydrogen) atoms. The van der Waals surface area contributed by atoms with Crippen LogP contribution in [0.3, 0.4) is 0 Å². The molecule has 6 heteroatoms. The molecule has 3 N–H and O–H groups in total. The highest BCUT2D eigenvalue weighted by Crippen LogP contribution is 2.26. The third kappa shape index (κ3) is 4.37. The number of benzene rings is 2. The van der Waals surface area contributed by atoms with Crippen LogP contribution in [0.25, 0.3) is 6.08 Å². The van der Waals surface area contributed by atoms with E-state index in [1.54, 1.807) is 30.5 Å². The number of rotatable bonds is 5. The highest BCUT2D eigenvalue weighted by molar-refractivity contribution is 5.78. The molecule has 1 aromatic heterocycles. The lowest BCUT2D eigenvalue weighted by Gasteiger charge is -2.14. The Balaban J connectivity index is 1.81. The zero-order valence-electron chi connectivity index (χ0n) is 15.0. The first-order chi connectivity index (χ1) is 13.1. The Hall–Kier alpha value is -3.94. The van der Waals surface area contributed by atoms with E-state index in [1.807, 2.05) is 38.1 Å². The minimum Gasteiger partial charge on any atom is -0.340 e. The molecule has 0 aliphatic heterocycles. The number of hydrogen-bond donors (Lipinski definition) is 3. The van der Waals surface area contributed by atoms with Gasteiger partial charge in [0.1, 0.15) is 5.82 Å². The van der Waals surface area contributed by atoms with Gasteiger partial charge in [-0.15, -0.1) is 0 Å². The number of nitrogens with zero attached hydrogens (tertiary/aromatic N) is 3. The lowest BCUT2D eigenvalue weighted by atomic mass is 10.0. The molecule has 3 aromatic rings. The molecule has 0 aliphatic rings. The van der Waals surface area contributed by atoms with Crippen LogP contribution >= 0.6 is 0 Å². The van der Waals surface area contributed by atoms with Crippen molar-refractivity contribution in [3.63, 3.8) is 0 Å². The zero-order chi connectivity index (χ0) is 19.2. The van der Waals surface area contributed by atoms with Gasteiger partial charge in [0.05, 0.1) is 11.6 Å². The first-order valence-electron chi connectivity index (χ1n) is 8.33. The summed E-state index contributed by atoms with van der Waals surface area (Å²) in [6.07, 6.45) is 3.31. The molecule has 0 atom stereocenters. The van der Waals surface area contributed by atoms with Gasteiger partial charge in [-0.2, -0.15) is 10.2 Å². The Kier molecular flexibility index (Phi) is 5.27. The average Bonchev–Trinajstić information content (AvgIpc) is 2.66. The molecule has 0 aliphatic carbocycles. The minimum atomic E-state index is 0.461. The number of aryl methyl sites for hydroxylation is 2. The van der Waals surface area contributed by atoms with E-state index < -0.39 is 0 Å². The predicted molar refractivity (Wildman–Crippen MR) is 108 cm³/mol. The fourth-order valence-corrected chi connectivity index (χ4v) is 2.73. The zero-order valence-corrected chi connectivity index (χ0v) is 15.0. The van der Waals surface area contributed by atoms with Crippen LogP contribution in [-0.4, -0.2) is 15.8 Å². The fraction of sp³-hybridized carbons (Fsp3) is 0.0952. The predicted octanol–water partition coefficient (Wildman–Crippen LogP) is 4.71. The summed E-state index contributed by atoms with van der Waals surface area (Å²) in [5, 5.41) is 22.4. The summed E-state index contributed by atoms with van der Waals surface area (Å²) in [7, 11) is 0. The van der Waals surface area contributed by atoms with Gasteiger partial charge < -0.3 is 10.6 Å². The van der Waals surface area contributed by atoms with Gasteiger partial charge in [-0.05, 0) is 78.9 Å². The van der Waals surface area contributed by atoms with E-state index in [2.05, 4.69) is 32.5 Å². The monoisotopic (exact) mass is 354 g/mol. The molecule has 0 radical (unpaired) electrons. The van der Waals surface area contributed by atoms with E-state index in [0.717, 1.165) is 28.1 Å². The summed E-state index contributed by atoms with van der Waals surface area (Å²) in [4.78, 5) is 8.74. The van der Waals surface area contributed by atoms with Crippen molar-refractivity contribution in [1.29, 1.82) is 10.7 Å². The molecule has 132 valence electrons. The quantitative estimate of drug-likeness (QED) is 0.576. The summed E-state index contributed by atoms with van der Waals surface area (Å²) < 4.78 is 0. The summed E-state index contributed by atoms with van der Waals surface area (Å²) >= 11 is 0. The van der Waals surface area contributed by atoms with Crippen molar-refractivity contribution in [2.24, 2.45) is 0 Å². The van der Waals surface area contributed by atoms with E-state index in [-0.39, 0.29) is 0 Å². The van der Waals surface area contributed by atoms with E-state index >= 15 is 0 Å². The number of nitrogens with one attached hydrogen (secondary N) is 3. The molecular weight excluding hydrogens is 336 g/mol. The van der Waals surface area contributed by atoms with Gasteiger partial charge >= 0.3 is 0 Å². The smallest absolute Gasteiger partial charge is 0.229 e. The number of hydrogen-bond acceptors (Lipinski definition) is 6. The standard InChI is InChI=1S/C21H18N6/c1-14-11-17(7-9-22)12-15(2)20(14)26-19-8-10-24-21(27-19)25-18-5-3-16(13-23)4-6-18/h3-8,10-12,22H,1-2H3,(H2,24,25,26,27). The molecule has 3 rings (SSSR count). The van der Waals surface area contributed by atoms with Crippen molar-refractivity contribution in [3.8, 4) is 6.07 Å². The second kappa shape index (κ2) is 7.96. The van der Waals surface area contributed by atoms with Gasteiger partial charge in [0.25, 0.3) is 0 Å². The van der Waals surface area contributed by atoms with Crippen LogP contribution in [0, 0.1) is 30.6 Å². The Morgan fingerprint density at radius 1 is 1.04 bits per heavy atom. The van der Waals surface area contributed by atoms with Crippen molar-refractivity contribution >= 4 is 35.1 Å². The SMILES string of the molecule is Cc1cc(C=C=N)cc(C)c1Nc1ccnc(Nc2ccc(C#N)cc2)n1. The maximum atomic E-state index is 8.87. The Labute approximate surface area is 157 Å². The lowest BCUT2D eigenvalue weighted by molar-refractivity contribution is 1.16. The Morgan fingerprint density at radius 2 is 1.74 bits per heavy atom. The van der Waals surface area contributed by atoms with Gasteiger partial charge in [0.2, 0.25) is 5.95 Å². The van der Waals surface area contributed by atoms with Crippen LogP contribution in [0.4, 0.5) is 23.1 Å². The second-order valence-corrected chi connectivity index (χ2v) is 6.02. The maximum Gasteiger partial charge on any atom is 0.229 e. The third-order valence-electron chi connectivity index (χ3n) is 3.97. The number of anilines is 4. The maximum absolute atomic E-state index is 8.87. The van der Waals surface area contributed by atoms with Crippen LogP contribution < -0.4 is 10.6 Å². The molecule has 0 amide bonds. The molecule has 0 saturated carbocycles. The molecule has 0 spiro atoms. The summed E-state index contributed by atoms with van der Waals surface area (Å²) in [6.45, 7) is 4.02. The van der Waals surface area contributed by atoms with Gasteiger partial charge in [0.15, 0.2) is 0 Å². The average molecular weight is 354 g/mol. The molecule has 0 unspecified atom stereocenters. The van der Waals surface area contributed by atoms with E-state index in [9.17, 15) is 0 Å². The Morgan fingerprint density at radius 3 is 2.37 bits per heavy atom. The molecular formula is C21H18N6. The van der Waals surface area contributed by atoms with E-state index in [0.29, 0.717) is 17.3 Å². The second-order valence-electron chi connectivity index (χ2n) is 6.02. The Bertz CT molecular complexity index is 1030. The molecule has 0 bridgehead atoms. The van der Waals surface area contributed by atoms with Crippen molar-refractivity contribution in [2.75, 3.05) is 10.6 Å². The van der Waals surface area contributed by atoms with Crippen molar-refractivity contribution in [1.82, 2.24) is 9.97 Å². The summed E-state index contributed by atoms with van der Waals surface area (Å²) in [6, 6.07) is 15.0.